The van der Waals surface area contributed by atoms with Crippen LogP contribution in [0.4, 0.5) is 0 Å². The van der Waals surface area contributed by atoms with Crippen molar-refractivity contribution in [3.05, 3.63) is 65.9 Å². The van der Waals surface area contributed by atoms with Crippen LogP contribution in [-0.2, 0) is 6.54 Å². The van der Waals surface area contributed by atoms with E-state index < -0.39 is 0 Å². The third-order valence-electron chi connectivity index (χ3n) is 4.41. The Kier molecular flexibility index (Phi) is 8.57. The van der Waals surface area contributed by atoms with Gasteiger partial charge in [0.15, 0.2) is 5.96 Å². The molecule has 0 saturated carbocycles. The van der Waals surface area contributed by atoms with Crippen molar-refractivity contribution in [1.82, 2.24) is 15.2 Å². The minimum Gasteiger partial charge on any atom is -0.481 e. The van der Waals surface area contributed by atoms with Gasteiger partial charge in [-0.05, 0) is 36.1 Å². The molecule has 0 saturated heterocycles. The number of rotatable bonds is 5. The summed E-state index contributed by atoms with van der Waals surface area (Å²) in [4.78, 5) is 11.2. The molecular formula is C21H27IN4O. The topological polar surface area (TPSA) is 49.8 Å². The summed E-state index contributed by atoms with van der Waals surface area (Å²) >= 11 is 0. The molecule has 1 aromatic carbocycles. The fraction of sp³-hybridized carbons (Fsp3) is 0.333. The molecule has 1 N–H and O–H groups in total. The van der Waals surface area contributed by atoms with Gasteiger partial charge in [0.1, 0.15) is 0 Å². The van der Waals surface area contributed by atoms with E-state index in [0.717, 1.165) is 37.6 Å². The number of hydrogen-bond donors (Lipinski definition) is 1. The second-order valence-electron chi connectivity index (χ2n) is 6.17. The Labute approximate surface area is 178 Å². The maximum absolute atomic E-state index is 5.19. The molecule has 0 atom stereocenters. The normalized spacial score (nSPS) is 14.2. The number of guanidine groups is 1. The molecule has 0 radical (unpaired) electrons. The predicted octanol–water partition coefficient (Wildman–Crippen LogP) is 3.96. The highest BCUT2D eigenvalue weighted by molar-refractivity contribution is 14.0. The molecule has 6 heteroatoms. The molecule has 0 amide bonds. The summed E-state index contributed by atoms with van der Waals surface area (Å²) < 4.78 is 5.19. The lowest BCUT2D eigenvalue weighted by molar-refractivity contribution is 0.397. The van der Waals surface area contributed by atoms with Crippen molar-refractivity contribution < 1.29 is 4.74 Å². The van der Waals surface area contributed by atoms with Gasteiger partial charge in [0.05, 0.1) is 13.7 Å². The highest BCUT2D eigenvalue weighted by Crippen LogP contribution is 2.22. The number of methoxy groups -OCH3 is 1. The number of aromatic nitrogens is 1. The molecule has 0 spiro atoms. The molecule has 144 valence electrons. The van der Waals surface area contributed by atoms with E-state index in [1.807, 2.05) is 12.1 Å². The second-order valence-corrected chi connectivity index (χ2v) is 6.17. The van der Waals surface area contributed by atoms with Gasteiger partial charge in [-0.1, -0.05) is 36.4 Å². The van der Waals surface area contributed by atoms with Crippen molar-refractivity contribution >= 4 is 35.5 Å². The molecule has 2 aromatic rings. The zero-order valence-electron chi connectivity index (χ0n) is 15.9. The zero-order valence-corrected chi connectivity index (χ0v) is 18.2. The Bertz CT molecular complexity index is 777. The number of nitrogens with zero attached hydrogens (tertiary/aromatic N) is 3. The van der Waals surface area contributed by atoms with E-state index in [9.17, 15) is 0 Å². The van der Waals surface area contributed by atoms with Crippen molar-refractivity contribution in [2.75, 3.05) is 26.7 Å². The first kappa shape index (κ1) is 21.2. The number of ether oxygens (including phenoxy) is 1. The minimum atomic E-state index is 0. The zero-order chi connectivity index (χ0) is 18.2. The van der Waals surface area contributed by atoms with E-state index in [1.165, 1.54) is 11.1 Å². The number of benzene rings is 1. The first-order valence-electron chi connectivity index (χ1n) is 9.06. The summed E-state index contributed by atoms with van der Waals surface area (Å²) in [7, 11) is 1.63. The minimum absolute atomic E-state index is 0. The Morgan fingerprint density at radius 3 is 2.74 bits per heavy atom. The number of halogens is 1. The average molecular weight is 478 g/mol. The van der Waals surface area contributed by atoms with Crippen molar-refractivity contribution in [2.24, 2.45) is 4.99 Å². The van der Waals surface area contributed by atoms with Crippen molar-refractivity contribution in [2.45, 2.75) is 19.9 Å². The van der Waals surface area contributed by atoms with Crippen molar-refractivity contribution in [3.8, 4) is 5.88 Å². The molecule has 0 unspecified atom stereocenters. The van der Waals surface area contributed by atoms with Crippen molar-refractivity contribution in [1.29, 1.82) is 0 Å². The summed E-state index contributed by atoms with van der Waals surface area (Å²) in [5, 5.41) is 3.41. The lowest BCUT2D eigenvalue weighted by Crippen LogP contribution is -2.43. The van der Waals surface area contributed by atoms with Crippen LogP contribution < -0.4 is 10.1 Å². The van der Waals surface area contributed by atoms with Crippen LogP contribution in [0.1, 0.15) is 24.5 Å². The first-order chi connectivity index (χ1) is 12.8. The molecule has 27 heavy (non-hydrogen) atoms. The summed E-state index contributed by atoms with van der Waals surface area (Å²) in [5.41, 5.74) is 3.82. The van der Waals surface area contributed by atoms with Crippen LogP contribution in [0.3, 0.4) is 0 Å². The molecule has 1 aliphatic heterocycles. The van der Waals surface area contributed by atoms with E-state index in [-0.39, 0.29) is 24.0 Å². The quantitative estimate of drug-likeness (QED) is 0.402. The third kappa shape index (κ3) is 5.95. The van der Waals surface area contributed by atoms with Gasteiger partial charge in [0, 0.05) is 31.9 Å². The molecule has 0 aliphatic carbocycles. The highest BCUT2D eigenvalue weighted by atomic mass is 127. The van der Waals surface area contributed by atoms with Crippen molar-refractivity contribution in [3.63, 3.8) is 0 Å². The molecule has 3 rings (SSSR count). The lowest BCUT2D eigenvalue weighted by Gasteiger charge is -2.30. The fourth-order valence-electron chi connectivity index (χ4n) is 3.03. The Balaban J connectivity index is 0.00000261. The Morgan fingerprint density at radius 2 is 2.07 bits per heavy atom. The largest absolute Gasteiger partial charge is 0.481 e. The van der Waals surface area contributed by atoms with Gasteiger partial charge in [-0.3, -0.25) is 0 Å². The van der Waals surface area contributed by atoms with E-state index in [0.29, 0.717) is 12.4 Å². The van der Waals surface area contributed by atoms with Crippen LogP contribution in [0, 0.1) is 0 Å². The number of aliphatic imine (C=N–C) groups is 1. The summed E-state index contributed by atoms with van der Waals surface area (Å²) in [5.74, 6) is 1.57. The summed E-state index contributed by atoms with van der Waals surface area (Å²) in [6, 6.07) is 14.5. The predicted molar refractivity (Wildman–Crippen MR) is 122 cm³/mol. The highest BCUT2D eigenvalue weighted by Gasteiger charge is 2.16. The smallest absolute Gasteiger partial charge is 0.213 e. The Hall–Kier alpha value is -2.09. The maximum atomic E-state index is 5.19. The van der Waals surface area contributed by atoms with Gasteiger partial charge >= 0.3 is 0 Å². The van der Waals surface area contributed by atoms with Crippen LogP contribution in [0.5, 0.6) is 5.88 Å². The van der Waals surface area contributed by atoms with Crippen LogP contribution in [0.25, 0.3) is 5.57 Å². The molecule has 0 fully saturated rings. The SMILES string of the molecule is CCNC(=NCc1ccnc(OC)c1)N1CC=C(c2ccccc2)CC1.I. The molecular weight excluding hydrogens is 451 g/mol. The fourth-order valence-corrected chi connectivity index (χ4v) is 3.03. The monoisotopic (exact) mass is 478 g/mol. The van der Waals surface area contributed by atoms with Gasteiger partial charge in [-0.2, -0.15) is 0 Å². The summed E-state index contributed by atoms with van der Waals surface area (Å²) in [6.45, 7) is 5.39. The van der Waals surface area contributed by atoms with Crippen LogP contribution in [0.15, 0.2) is 59.7 Å². The summed E-state index contributed by atoms with van der Waals surface area (Å²) in [6.07, 6.45) is 5.09. The standard InChI is InChI=1S/C21H26N4O.HI/c1-3-22-21(24-16-17-9-12-23-20(15-17)26-2)25-13-10-19(11-14-25)18-7-5-4-6-8-18;/h4-10,12,15H,3,11,13-14,16H2,1-2H3,(H,22,24);1H. The van der Waals surface area contributed by atoms with E-state index in [2.05, 4.69) is 58.5 Å². The van der Waals surface area contributed by atoms with Gasteiger partial charge in [-0.15, -0.1) is 24.0 Å². The molecule has 2 heterocycles. The number of nitrogens with one attached hydrogen (secondary N) is 1. The van der Waals surface area contributed by atoms with E-state index in [4.69, 9.17) is 9.73 Å². The Morgan fingerprint density at radius 1 is 1.26 bits per heavy atom. The molecule has 0 bridgehead atoms. The third-order valence-corrected chi connectivity index (χ3v) is 4.41. The lowest BCUT2D eigenvalue weighted by atomic mass is 10.00. The number of pyridine rings is 1. The van der Waals surface area contributed by atoms with Gasteiger partial charge < -0.3 is 15.0 Å². The second kappa shape index (κ2) is 10.9. The van der Waals surface area contributed by atoms with Gasteiger partial charge in [-0.25, -0.2) is 9.98 Å². The van der Waals surface area contributed by atoms with E-state index in [1.54, 1.807) is 13.3 Å². The van der Waals surface area contributed by atoms with Crippen LogP contribution >= 0.6 is 24.0 Å². The van der Waals surface area contributed by atoms with E-state index >= 15 is 0 Å². The molecule has 5 nitrogen and oxygen atoms in total. The van der Waals surface area contributed by atoms with Crippen LogP contribution in [-0.4, -0.2) is 42.6 Å². The first-order valence-corrected chi connectivity index (χ1v) is 9.06. The molecule has 1 aromatic heterocycles. The van der Waals surface area contributed by atoms with Gasteiger partial charge in [0.2, 0.25) is 5.88 Å². The van der Waals surface area contributed by atoms with Crippen LogP contribution in [0.2, 0.25) is 0 Å². The molecule has 1 aliphatic rings. The average Bonchev–Trinajstić information content (AvgIpc) is 2.72. The maximum Gasteiger partial charge on any atom is 0.213 e. The number of hydrogen-bond acceptors (Lipinski definition) is 3. The van der Waals surface area contributed by atoms with Gasteiger partial charge in [0.25, 0.3) is 0 Å².